The largest absolute Gasteiger partial charge is 0.493 e. The van der Waals surface area contributed by atoms with Crippen LogP contribution in [-0.4, -0.2) is 74.6 Å². The van der Waals surface area contributed by atoms with Crippen LogP contribution in [0.4, 0.5) is 0 Å². The van der Waals surface area contributed by atoms with Gasteiger partial charge in [-0.3, -0.25) is 9.59 Å². The zero-order chi connectivity index (χ0) is 35.9. The molecule has 51 heavy (non-hydrogen) atoms. The minimum atomic E-state index is -0.757. The highest BCUT2D eigenvalue weighted by Gasteiger charge is 2.44. The molecule has 4 atom stereocenters. The van der Waals surface area contributed by atoms with E-state index in [1.54, 1.807) is 7.11 Å². The van der Waals surface area contributed by atoms with Crippen LogP contribution in [-0.2, 0) is 27.3 Å². The molecular weight excluding hydrogens is 691 g/mol. The van der Waals surface area contributed by atoms with Gasteiger partial charge in [0.2, 0.25) is 5.91 Å². The third-order valence-electron chi connectivity index (χ3n) is 10.0. The Hall–Kier alpha value is -3.50. The molecule has 0 radical (unpaired) electrons. The van der Waals surface area contributed by atoms with Crippen molar-refractivity contribution in [2.24, 2.45) is 17.8 Å². The van der Waals surface area contributed by atoms with Crippen molar-refractivity contribution in [2.75, 3.05) is 46.6 Å². The summed E-state index contributed by atoms with van der Waals surface area (Å²) >= 11 is 12.6. The van der Waals surface area contributed by atoms with Gasteiger partial charge in [-0.1, -0.05) is 41.4 Å². The van der Waals surface area contributed by atoms with Gasteiger partial charge in [-0.15, -0.1) is 0 Å². The number of carboxylic acid groups (broad SMARTS) is 1. The van der Waals surface area contributed by atoms with Gasteiger partial charge in [0.25, 0.3) is 0 Å². The second-order valence-corrected chi connectivity index (χ2v) is 14.9. The van der Waals surface area contributed by atoms with Crippen LogP contribution in [0.2, 0.25) is 10.0 Å². The Bertz CT molecular complexity index is 1640. The summed E-state index contributed by atoms with van der Waals surface area (Å²) < 4.78 is 23.2. The van der Waals surface area contributed by atoms with Gasteiger partial charge < -0.3 is 34.3 Å². The Morgan fingerprint density at radius 1 is 0.882 bits per heavy atom. The zero-order valence-electron chi connectivity index (χ0n) is 29.4. The predicted octanol–water partition coefficient (Wildman–Crippen LogP) is 7.32. The zero-order valence-corrected chi connectivity index (χ0v) is 30.9. The van der Waals surface area contributed by atoms with Crippen LogP contribution in [0, 0.1) is 24.7 Å². The molecule has 6 rings (SSSR count). The van der Waals surface area contributed by atoms with Crippen LogP contribution in [0.25, 0.3) is 0 Å². The van der Waals surface area contributed by atoms with Gasteiger partial charge >= 0.3 is 5.97 Å². The highest BCUT2D eigenvalue weighted by atomic mass is 35.5. The molecule has 9 nitrogen and oxygen atoms in total. The third kappa shape index (κ3) is 10.1. The molecule has 1 saturated heterocycles. The standard InChI is InChI=1S/C40H48Cl2N2O7/c1-25-16-36(41)38(37(42)17-25)50-15-14-49-31-9-5-28(6-10-31)33-11-12-43-22-35(33)39(45)44(30-7-8-30)23-27-18-26(4-3-13-48-2)19-32(20-27)51-24-29-21-34(29)40(46)47/h5-6,9-10,16-20,29-30,33-35,43H,3-4,7-8,11-15,21-24H2,1-2H3,(H,46,47)/t29-,33+,34+,35-/m0/s1. The Morgan fingerprint density at radius 2 is 1.61 bits per heavy atom. The van der Waals surface area contributed by atoms with Crippen LogP contribution in [0.3, 0.4) is 0 Å². The second kappa shape index (κ2) is 17.3. The van der Waals surface area contributed by atoms with E-state index < -0.39 is 5.97 Å². The fourth-order valence-corrected chi connectivity index (χ4v) is 7.75. The van der Waals surface area contributed by atoms with E-state index in [0.29, 0.717) is 61.7 Å². The maximum absolute atomic E-state index is 14.4. The number of halogens is 2. The molecule has 2 N–H and O–H groups in total. The molecule has 0 unspecified atom stereocenters. The van der Waals surface area contributed by atoms with Crippen LogP contribution < -0.4 is 19.5 Å². The number of ether oxygens (including phenoxy) is 4. The van der Waals surface area contributed by atoms with Gasteiger partial charge in [0, 0.05) is 38.8 Å². The molecule has 2 saturated carbocycles. The van der Waals surface area contributed by atoms with E-state index in [0.717, 1.165) is 72.4 Å². The van der Waals surface area contributed by atoms with Crippen molar-refractivity contribution in [3.63, 3.8) is 0 Å². The summed E-state index contributed by atoms with van der Waals surface area (Å²) in [5.74, 6) is 0.954. The van der Waals surface area contributed by atoms with E-state index in [2.05, 4.69) is 28.4 Å². The number of aryl methyl sites for hydroxylation is 2. The molecule has 3 aromatic carbocycles. The molecule has 1 amide bonds. The lowest BCUT2D eigenvalue weighted by molar-refractivity contribution is -0.139. The molecule has 1 aliphatic heterocycles. The van der Waals surface area contributed by atoms with E-state index in [9.17, 15) is 14.7 Å². The third-order valence-corrected chi connectivity index (χ3v) is 10.6. The minimum absolute atomic E-state index is 0.0429. The summed E-state index contributed by atoms with van der Waals surface area (Å²) in [4.78, 5) is 27.8. The number of carboxylic acids is 1. The summed E-state index contributed by atoms with van der Waals surface area (Å²) in [5.41, 5.74) is 4.25. The molecule has 274 valence electrons. The smallest absolute Gasteiger partial charge is 0.306 e. The molecule has 2 aliphatic carbocycles. The predicted molar refractivity (Wildman–Crippen MR) is 197 cm³/mol. The Kier molecular flexibility index (Phi) is 12.7. The first-order valence-corrected chi connectivity index (χ1v) is 18.8. The van der Waals surface area contributed by atoms with Crippen molar-refractivity contribution < 1.29 is 33.6 Å². The van der Waals surface area contributed by atoms with Gasteiger partial charge in [-0.2, -0.15) is 0 Å². The molecule has 0 aromatic heterocycles. The lowest BCUT2D eigenvalue weighted by Gasteiger charge is -2.36. The summed E-state index contributed by atoms with van der Waals surface area (Å²) in [6.07, 6.45) is 5.23. The number of piperidine rings is 1. The van der Waals surface area contributed by atoms with Gasteiger partial charge in [-0.05, 0) is 117 Å². The van der Waals surface area contributed by atoms with Crippen molar-refractivity contribution in [3.8, 4) is 17.2 Å². The van der Waals surface area contributed by atoms with Gasteiger partial charge in [-0.25, -0.2) is 0 Å². The number of hydrogen-bond acceptors (Lipinski definition) is 7. The fourth-order valence-electron chi connectivity index (χ4n) is 7.04. The summed E-state index contributed by atoms with van der Waals surface area (Å²) in [6.45, 7) is 5.58. The quantitative estimate of drug-likeness (QED) is 0.131. The summed E-state index contributed by atoms with van der Waals surface area (Å²) in [6, 6.07) is 18.2. The monoisotopic (exact) mass is 738 g/mol. The van der Waals surface area contributed by atoms with Crippen molar-refractivity contribution in [1.82, 2.24) is 10.2 Å². The first-order valence-electron chi connectivity index (χ1n) is 18.0. The van der Waals surface area contributed by atoms with Crippen molar-refractivity contribution >= 4 is 35.1 Å². The van der Waals surface area contributed by atoms with Crippen molar-refractivity contribution in [2.45, 2.75) is 64.0 Å². The molecule has 3 fully saturated rings. The second-order valence-electron chi connectivity index (χ2n) is 14.1. The van der Waals surface area contributed by atoms with Crippen LogP contribution in [0.5, 0.6) is 17.2 Å². The summed E-state index contributed by atoms with van der Waals surface area (Å²) in [5, 5.41) is 13.7. The normalized spacial score (nSPS) is 21.2. The lowest BCUT2D eigenvalue weighted by Crippen LogP contribution is -2.47. The average molecular weight is 740 g/mol. The van der Waals surface area contributed by atoms with E-state index in [4.69, 9.17) is 42.1 Å². The van der Waals surface area contributed by atoms with Gasteiger partial charge in [0.05, 0.1) is 28.5 Å². The highest BCUT2D eigenvalue weighted by molar-refractivity contribution is 6.37. The van der Waals surface area contributed by atoms with Crippen molar-refractivity contribution in [3.05, 3.63) is 86.9 Å². The van der Waals surface area contributed by atoms with E-state index in [1.807, 2.05) is 43.3 Å². The number of nitrogens with zero attached hydrogens (tertiary/aromatic N) is 1. The van der Waals surface area contributed by atoms with E-state index in [1.165, 1.54) is 0 Å². The SMILES string of the molecule is COCCCc1cc(CN(C(=O)[C@H]2CNCC[C@@H]2c2ccc(OCCOc3c(Cl)cc(C)cc3Cl)cc2)C2CC2)cc(OC[C@@H]2C[C@H]2C(=O)O)c1. The van der Waals surface area contributed by atoms with Crippen LogP contribution >= 0.6 is 23.2 Å². The fraction of sp³-hybridized carbons (Fsp3) is 0.500. The number of carbonyl (C=O) groups is 2. The van der Waals surface area contributed by atoms with Crippen LogP contribution in [0.15, 0.2) is 54.6 Å². The number of amides is 1. The Labute approximate surface area is 310 Å². The first-order chi connectivity index (χ1) is 24.7. The first kappa shape index (κ1) is 37.3. The number of aliphatic carboxylic acids is 1. The number of hydrogen-bond donors (Lipinski definition) is 2. The maximum Gasteiger partial charge on any atom is 0.306 e. The molecule has 3 aliphatic rings. The van der Waals surface area contributed by atoms with Crippen molar-refractivity contribution in [1.29, 1.82) is 0 Å². The number of methoxy groups -OCH3 is 1. The molecular formula is C40H48Cl2N2O7. The lowest BCUT2D eigenvalue weighted by atomic mass is 9.80. The molecule has 0 bridgehead atoms. The molecule has 11 heteroatoms. The topological polar surface area (TPSA) is 107 Å². The van der Waals surface area contributed by atoms with E-state index >= 15 is 0 Å². The molecule has 3 aromatic rings. The minimum Gasteiger partial charge on any atom is -0.493 e. The highest BCUT2D eigenvalue weighted by Crippen LogP contribution is 2.40. The van der Waals surface area contributed by atoms with Crippen LogP contribution in [0.1, 0.15) is 60.3 Å². The summed E-state index contributed by atoms with van der Waals surface area (Å²) in [7, 11) is 1.70. The molecule has 1 heterocycles. The maximum atomic E-state index is 14.4. The number of nitrogens with one attached hydrogen (secondary N) is 1. The average Bonchev–Trinajstić information content (AvgIpc) is 4.05. The Morgan fingerprint density at radius 3 is 2.29 bits per heavy atom. The Balaban J connectivity index is 1.09. The number of rotatable bonds is 18. The van der Waals surface area contributed by atoms with Gasteiger partial charge in [0.1, 0.15) is 24.7 Å². The molecule has 0 spiro atoms. The van der Waals surface area contributed by atoms with Gasteiger partial charge in [0.15, 0.2) is 5.75 Å². The number of carbonyl (C=O) groups excluding carboxylic acids is 1. The number of benzene rings is 3. The van der Waals surface area contributed by atoms with E-state index in [-0.39, 0.29) is 35.6 Å².